The molecule has 0 bridgehead atoms. The van der Waals surface area contributed by atoms with Crippen molar-refractivity contribution in [2.75, 3.05) is 7.11 Å². The number of ether oxygens (including phenoxy) is 1. The van der Waals surface area contributed by atoms with E-state index in [1.54, 1.807) is 7.11 Å². The van der Waals surface area contributed by atoms with Gasteiger partial charge in [-0.05, 0) is 42.5 Å². The molecule has 2 aromatic carbocycles. The first-order chi connectivity index (χ1) is 9.20. The summed E-state index contributed by atoms with van der Waals surface area (Å²) in [6, 6.07) is 13.4. The number of halogens is 1. The number of aromatic amines is 1. The number of H-pyrrole nitrogens is 1. The van der Waals surface area contributed by atoms with Crippen molar-refractivity contribution in [1.82, 2.24) is 9.55 Å². The maximum absolute atomic E-state index is 6.00. The lowest BCUT2D eigenvalue weighted by Crippen LogP contribution is -1.97. The summed E-state index contributed by atoms with van der Waals surface area (Å²) in [5.74, 6) is 0.773. The largest absolute Gasteiger partial charge is 0.495 e. The fourth-order valence-corrected chi connectivity index (χ4v) is 2.62. The van der Waals surface area contributed by atoms with E-state index in [4.69, 9.17) is 28.6 Å². The van der Waals surface area contributed by atoms with Crippen molar-refractivity contribution in [2.45, 2.75) is 0 Å². The summed E-state index contributed by atoms with van der Waals surface area (Å²) in [4.78, 5) is 3.16. The molecule has 0 amide bonds. The van der Waals surface area contributed by atoms with Crippen LogP contribution in [0, 0.1) is 4.77 Å². The van der Waals surface area contributed by atoms with Crippen LogP contribution in [0.15, 0.2) is 42.5 Å². The maximum atomic E-state index is 6.00. The Bertz CT molecular complexity index is 807. The number of aromatic nitrogens is 2. The van der Waals surface area contributed by atoms with E-state index in [0.717, 1.165) is 22.5 Å². The molecule has 0 saturated carbocycles. The van der Waals surface area contributed by atoms with Crippen molar-refractivity contribution in [2.24, 2.45) is 0 Å². The summed E-state index contributed by atoms with van der Waals surface area (Å²) < 4.78 is 7.95. The van der Waals surface area contributed by atoms with Crippen LogP contribution in [-0.2, 0) is 0 Å². The van der Waals surface area contributed by atoms with Gasteiger partial charge in [0, 0.05) is 5.02 Å². The monoisotopic (exact) mass is 290 g/mol. The highest BCUT2D eigenvalue weighted by atomic mass is 35.5. The molecule has 0 aliphatic rings. The van der Waals surface area contributed by atoms with E-state index in [9.17, 15) is 0 Å². The number of imidazole rings is 1. The van der Waals surface area contributed by atoms with Gasteiger partial charge in [0.05, 0.1) is 23.8 Å². The van der Waals surface area contributed by atoms with Crippen LogP contribution in [0.1, 0.15) is 0 Å². The number of benzene rings is 2. The second kappa shape index (κ2) is 4.72. The lowest BCUT2D eigenvalue weighted by atomic mass is 10.2. The molecule has 0 unspecified atom stereocenters. The summed E-state index contributed by atoms with van der Waals surface area (Å²) in [7, 11) is 1.65. The highest BCUT2D eigenvalue weighted by Crippen LogP contribution is 2.28. The standard InChI is InChI=1S/C14H11ClN2OS/c1-18-13-5-3-2-4-12(13)17-11-7-6-9(15)8-10(11)16-14(17)19/h2-8H,1H3,(H,16,19). The lowest BCUT2D eigenvalue weighted by molar-refractivity contribution is 0.413. The van der Waals surface area contributed by atoms with E-state index < -0.39 is 0 Å². The Morgan fingerprint density at radius 1 is 1.21 bits per heavy atom. The molecule has 1 aromatic heterocycles. The Morgan fingerprint density at radius 2 is 2.00 bits per heavy atom. The Labute approximate surface area is 120 Å². The molecule has 0 saturated heterocycles. The van der Waals surface area contributed by atoms with Gasteiger partial charge in [0.1, 0.15) is 5.75 Å². The highest BCUT2D eigenvalue weighted by molar-refractivity contribution is 7.71. The molecular weight excluding hydrogens is 280 g/mol. The van der Waals surface area contributed by atoms with Crippen LogP contribution < -0.4 is 4.74 Å². The van der Waals surface area contributed by atoms with Crippen LogP contribution in [0.2, 0.25) is 5.02 Å². The third-order valence-corrected chi connectivity index (χ3v) is 3.49. The first-order valence-electron chi connectivity index (χ1n) is 5.74. The highest BCUT2D eigenvalue weighted by Gasteiger charge is 2.10. The van der Waals surface area contributed by atoms with E-state index in [-0.39, 0.29) is 0 Å². The van der Waals surface area contributed by atoms with Gasteiger partial charge in [0.2, 0.25) is 0 Å². The Hall–Kier alpha value is -1.78. The second-order valence-corrected chi connectivity index (χ2v) is 4.92. The average Bonchev–Trinajstić information content (AvgIpc) is 2.73. The van der Waals surface area contributed by atoms with Gasteiger partial charge in [0.25, 0.3) is 0 Å². The van der Waals surface area contributed by atoms with Gasteiger partial charge in [-0.3, -0.25) is 4.57 Å². The molecule has 0 radical (unpaired) electrons. The van der Waals surface area contributed by atoms with Crippen LogP contribution in [0.25, 0.3) is 16.7 Å². The number of nitrogens with one attached hydrogen (secondary N) is 1. The molecule has 1 N–H and O–H groups in total. The molecule has 0 spiro atoms. The van der Waals surface area contributed by atoms with Gasteiger partial charge in [-0.25, -0.2) is 0 Å². The summed E-state index contributed by atoms with van der Waals surface area (Å²) in [5.41, 5.74) is 2.78. The van der Waals surface area contributed by atoms with E-state index >= 15 is 0 Å². The Kier molecular flexibility index (Phi) is 3.05. The van der Waals surface area contributed by atoms with Crippen molar-refractivity contribution in [3.63, 3.8) is 0 Å². The van der Waals surface area contributed by atoms with Crippen LogP contribution >= 0.6 is 23.8 Å². The molecule has 0 aliphatic heterocycles. The summed E-state index contributed by atoms with van der Waals surface area (Å²) >= 11 is 11.4. The van der Waals surface area contributed by atoms with Gasteiger partial charge < -0.3 is 9.72 Å². The quantitative estimate of drug-likeness (QED) is 0.711. The van der Waals surface area contributed by atoms with Gasteiger partial charge in [-0.1, -0.05) is 23.7 Å². The van der Waals surface area contributed by atoms with Crippen LogP contribution in [0.4, 0.5) is 0 Å². The van der Waals surface area contributed by atoms with E-state index in [1.807, 2.05) is 47.0 Å². The Balaban J connectivity index is 2.36. The van der Waals surface area contributed by atoms with Crippen molar-refractivity contribution < 1.29 is 4.74 Å². The van der Waals surface area contributed by atoms with Crippen LogP contribution in [-0.4, -0.2) is 16.7 Å². The SMILES string of the molecule is COc1ccccc1-n1c(=S)[nH]c2cc(Cl)ccc21. The molecule has 3 rings (SSSR count). The van der Waals surface area contributed by atoms with Gasteiger partial charge in [-0.15, -0.1) is 0 Å². The minimum Gasteiger partial charge on any atom is -0.495 e. The number of rotatable bonds is 2. The number of methoxy groups -OCH3 is 1. The predicted octanol–water partition coefficient (Wildman–Crippen LogP) is 4.35. The second-order valence-electron chi connectivity index (χ2n) is 4.10. The minimum atomic E-state index is 0.613. The molecular formula is C14H11ClN2OS. The number of hydrogen-bond acceptors (Lipinski definition) is 2. The number of hydrogen-bond donors (Lipinski definition) is 1. The van der Waals surface area contributed by atoms with E-state index in [0.29, 0.717) is 9.79 Å². The predicted molar refractivity (Wildman–Crippen MR) is 80.0 cm³/mol. The van der Waals surface area contributed by atoms with Crippen LogP contribution in [0.5, 0.6) is 5.75 Å². The third-order valence-electron chi connectivity index (χ3n) is 2.97. The molecule has 3 aromatic rings. The smallest absolute Gasteiger partial charge is 0.182 e. The topological polar surface area (TPSA) is 29.9 Å². The number of fused-ring (bicyclic) bond motifs is 1. The average molecular weight is 291 g/mol. The molecule has 0 fully saturated rings. The molecule has 19 heavy (non-hydrogen) atoms. The fourth-order valence-electron chi connectivity index (χ4n) is 2.14. The lowest BCUT2D eigenvalue weighted by Gasteiger charge is -2.09. The molecule has 0 atom stereocenters. The van der Waals surface area contributed by atoms with Crippen molar-refractivity contribution in [1.29, 1.82) is 0 Å². The molecule has 96 valence electrons. The summed E-state index contributed by atoms with van der Waals surface area (Å²) in [6.45, 7) is 0. The zero-order valence-electron chi connectivity index (χ0n) is 10.2. The number of nitrogens with zero attached hydrogens (tertiary/aromatic N) is 1. The van der Waals surface area contributed by atoms with E-state index in [2.05, 4.69) is 4.98 Å². The fraction of sp³-hybridized carbons (Fsp3) is 0.0714. The minimum absolute atomic E-state index is 0.613. The summed E-state index contributed by atoms with van der Waals surface area (Å²) in [6.07, 6.45) is 0. The summed E-state index contributed by atoms with van der Waals surface area (Å²) in [5, 5.41) is 0.677. The van der Waals surface area contributed by atoms with Crippen LogP contribution in [0.3, 0.4) is 0 Å². The molecule has 1 heterocycles. The maximum Gasteiger partial charge on any atom is 0.182 e. The zero-order chi connectivity index (χ0) is 13.4. The zero-order valence-corrected chi connectivity index (χ0v) is 11.8. The third kappa shape index (κ3) is 2.03. The van der Waals surface area contributed by atoms with Crippen molar-refractivity contribution >= 4 is 34.9 Å². The van der Waals surface area contributed by atoms with Crippen molar-refractivity contribution in [3.05, 3.63) is 52.3 Å². The first-order valence-corrected chi connectivity index (χ1v) is 6.53. The molecule has 5 heteroatoms. The van der Waals surface area contributed by atoms with E-state index in [1.165, 1.54) is 0 Å². The molecule has 3 nitrogen and oxygen atoms in total. The first kappa shape index (κ1) is 12.3. The molecule has 0 aliphatic carbocycles. The van der Waals surface area contributed by atoms with Gasteiger partial charge >= 0.3 is 0 Å². The normalized spacial score (nSPS) is 10.8. The van der Waals surface area contributed by atoms with Crippen molar-refractivity contribution in [3.8, 4) is 11.4 Å². The Morgan fingerprint density at radius 3 is 2.79 bits per heavy atom. The van der Waals surface area contributed by atoms with Gasteiger partial charge in [0.15, 0.2) is 4.77 Å². The van der Waals surface area contributed by atoms with Gasteiger partial charge in [-0.2, -0.15) is 0 Å². The number of para-hydroxylation sites is 2.